The molecule has 0 amide bonds. The molecular weight excluding hydrogens is 851 g/mol. The number of esters is 1. The monoisotopic (exact) mass is 899 g/mol. The maximum Gasteiger partial charge on any atom is 0.338 e. The van der Waals surface area contributed by atoms with Gasteiger partial charge < -0.3 is 29.0 Å². The Morgan fingerprint density at radius 1 is 0.603 bits per heavy atom. The molecule has 338 valence electrons. The number of benzene rings is 7. The third kappa shape index (κ3) is 8.34. The van der Waals surface area contributed by atoms with Crippen molar-refractivity contribution >= 4 is 23.0 Å². The van der Waals surface area contributed by atoms with E-state index in [0.29, 0.717) is 29.0 Å². The summed E-state index contributed by atoms with van der Waals surface area (Å²) in [4.78, 5) is 28.5. The Balaban J connectivity index is 1.04. The van der Waals surface area contributed by atoms with E-state index in [4.69, 9.17) is 38.6 Å². The van der Waals surface area contributed by atoms with E-state index >= 15 is 0 Å². The van der Waals surface area contributed by atoms with Crippen LogP contribution in [-0.4, -0.2) is 58.5 Å². The van der Waals surface area contributed by atoms with Crippen LogP contribution in [0, 0.1) is 0 Å². The maximum absolute atomic E-state index is 13.9. The first kappa shape index (κ1) is 43.8. The molecule has 3 atom stereocenters. The molecule has 9 aromatic rings. The van der Waals surface area contributed by atoms with Gasteiger partial charge >= 0.3 is 5.97 Å². The summed E-state index contributed by atoms with van der Waals surface area (Å²) in [5.74, 6) is 1.52. The number of carbonyl (C=O) groups is 1. The molecule has 11 nitrogen and oxygen atoms in total. The Labute approximate surface area is 395 Å². The molecule has 10 rings (SSSR count). The van der Waals surface area contributed by atoms with Crippen molar-refractivity contribution in [2.45, 2.75) is 36.0 Å². The van der Waals surface area contributed by atoms with E-state index in [0.717, 1.165) is 44.9 Å². The fourth-order valence-electron chi connectivity index (χ4n) is 9.32. The quantitative estimate of drug-likeness (QED) is 0.0742. The van der Waals surface area contributed by atoms with Crippen LogP contribution in [0.3, 0.4) is 0 Å². The third-order valence-corrected chi connectivity index (χ3v) is 12.7. The van der Waals surface area contributed by atoms with Crippen molar-refractivity contribution in [2.75, 3.05) is 26.1 Å². The minimum absolute atomic E-state index is 0.0476. The summed E-state index contributed by atoms with van der Waals surface area (Å²) >= 11 is 0. The molecule has 1 aliphatic heterocycles. The Kier molecular flexibility index (Phi) is 12.5. The Bertz CT molecular complexity index is 2990. The Morgan fingerprint density at radius 2 is 1.07 bits per heavy atom. The highest BCUT2D eigenvalue weighted by molar-refractivity contribution is 5.89. The first-order valence-corrected chi connectivity index (χ1v) is 22.5. The molecule has 0 aliphatic carbocycles. The van der Waals surface area contributed by atoms with Gasteiger partial charge in [-0.3, -0.25) is 4.57 Å². The smallest absolute Gasteiger partial charge is 0.338 e. The van der Waals surface area contributed by atoms with Crippen LogP contribution < -0.4 is 14.8 Å². The van der Waals surface area contributed by atoms with Crippen LogP contribution in [0.4, 0.5) is 5.82 Å². The average Bonchev–Trinajstić information content (AvgIpc) is 4.04. The number of nitrogens with one attached hydrogen (secondary N) is 1. The number of hydrogen-bond donors (Lipinski definition) is 1. The fraction of sp³-hybridized carbons (Fsp3) is 0.158. The molecule has 1 fully saturated rings. The average molecular weight is 900 g/mol. The second-order valence-electron chi connectivity index (χ2n) is 16.5. The van der Waals surface area contributed by atoms with Crippen molar-refractivity contribution in [1.82, 2.24) is 19.5 Å². The first-order valence-electron chi connectivity index (χ1n) is 22.5. The molecule has 0 radical (unpaired) electrons. The number of fused-ring (bicyclic) bond motifs is 1. The fourth-order valence-corrected chi connectivity index (χ4v) is 9.32. The van der Waals surface area contributed by atoms with Crippen molar-refractivity contribution in [2.24, 2.45) is 0 Å². The van der Waals surface area contributed by atoms with Crippen molar-refractivity contribution in [3.05, 3.63) is 252 Å². The number of nitrogens with zero attached hydrogens (tertiary/aromatic N) is 4. The van der Waals surface area contributed by atoms with Gasteiger partial charge in [0.1, 0.15) is 47.4 Å². The minimum Gasteiger partial charge on any atom is -0.497 e. The largest absolute Gasteiger partial charge is 0.497 e. The summed E-state index contributed by atoms with van der Waals surface area (Å²) in [5, 5.41) is 3.87. The first-order chi connectivity index (χ1) is 33.5. The molecule has 0 saturated carbocycles. The number of aromatic nitrogens is 4. The van der Waals surface area contributed by atoms with Gasteiger partial charge in [-0.1, -0.05) is 164 Å². The molecule has 68 heavy (non-hydrogen) atoms. The van der Waals surface area contributed by atoms with E-state index in [1.54, 1.807) is 32.7 Å². The lowest BCUT2D eigenvalue weighted by Crippen LogP contribution is -2.39. The number of ether oxygens (including phenoxy) is 5. The molecule has 2 aromatic heterocycles. The molecule has 1 N–H and O–H groups in total. The molecule has 0 spiro atoms. The second kappa shape index (κ2) is 19.4. The maximum atomic E-state index is 13.9. The minimum atomic E-state index is -1.09. The van der Waals surface area contributed by atoms with Crippen LogP contribution in [0.2, 0.25) is 0 Å². The van der Waals surface area contributed by atoms with Gasteiger partial charge in [0.15, 0.2) is 17.0 Å². The summed E-state index contributed by atoms with van der Waals surface area (Å²) in [6, 6.07) is 65.7. The molecule has 1 aliphatic rings. The van der Waals surface area contributed by atoms with Gasteiger partial charge in [-0.25, -0.2) is 19.7 Å². The summed E-state index contributed by atoms with van der Waals surface area (Å²) < 4.78 is 33.7. The van der Waals surface area contributed by atoms with E-state index in [9.17, 15) is 4.79 Å². The number of methoxy groups -OCH3 is 2. The molecule has 0 unspecified atom stereocenters. The molecule has 3 heterocycles. The summed E-state index contributed by atoms with van der Waals surface area (Å²) in [6.45, 7) is 0.0476. The van der Waals surface area contributed by atoms with Crippen LogP contribution in [-0.2, 0) is 25.4 Å². The number of hydrogen-bond acceptors (Lipinski definition) is 10. The van der Waals surface area contributed by atoms with Crippen molar-refractivity contribution in [3.63, 3.8) is 0 Å². The van der Waals surface area contributed by atoms with Gasteiger partial charge in [-0.05, 0) is 69.8 Å². The second-order valence-corrected chi connectivity index (χ2v) is 16.5. The zero-order valence-corrected chi connectivity index (χ0v) is 37.6. The lowest BCUT2D eigenvalue weighted by Gasteiger charge is -2.37. The zero-order valence-electron chi connectivity index (χ0n) is 37.6. The van der Waals surface area contributed by atoms with E-state index in [-0.39, 0.29) is 6.61 Å². The third-order valence-electron chi connectivity index (χ3n) is 12.7. The molecule has 7 aromatic carbocycles. The van der Waals surface area contributed by atoms with E-state index in [2.05, 4.69) is 66.0 Å². The van der Waals surface area contributed by atoms with Gasteiger partial charge in [-0.2, -0.15) is 0 Å². The number of imidazole rings is 1. The lowest BCUT2D eigenvalue weighted by atomic mass is 9.77. The van der Waals surface area contributed by atoms with Gasteiger partial charge in [0.2, 0.25) is 0 Å². The van der Waals surface area contributed by atoms with Gasteiger partial charge in [-0.15, -0.1) is 0 Å². The van der Waals surface area contributed by atoms with Gasteiger partial charge in [0.25, 0.3) is 0 Å². The number of anilines is 1. The SMILES string of the molecule is COc1ccc(C(Nc2ncnc3c2ncn3[C@H]2C[C@@H](OC(=O)c3ccccc3)[C@H](COC(c3ccccc3)(c3ccccc3)c3ccc(OC)cc3)O2)(c2ccccc2)c2ccccc2)cc1. The highest BCUT2D eigenvalue weighted by atomic mass is 16.6. The van der Waals surface area contributed by atoms with Crippen LogP contribution in [0.5, 0.6) is 11.5 Å². The standard InChI is InChI=1S/C57H49N5O6/c1-64-47-32-28-43(29-33-47)56(41-20-10-4-11-21-41,42-22-12-5-13-23-42)61-53-52-54(59-38-58-53)62(39-60-52)51-36-49(68-55(63)40-18-8-3-9-19-40)50(67-51)37-66-57(44-24-14-6-15-25-44,45-26-16-7-17-27-45)46-30-34-48(65-2)35-31-46/h3-35,38-39,49-51H,36-37H2,1-2H3,(H,58,59,61)/t49-,50+,51-/m1/s1. The van der Waals surface area contributed by atoms with E-state index < -0.39 is 35.5 Å². The summed E-state index contributed by atoms with van der Waals surface area (Å²) in [7, 11) is 3.31. The van der Waals surface area contributed by atoms with Crippen molar-refractivity contribution < 1.29 is 28.5 Å². The highest BCUT2D eigenvalue weighted by Crippen LogP contribution is 2.44. The normalized spacial score (nSPS) is 16.0. The predicted octanol–water partition coefficient (Wildman–Crippen LogP) is 10.8. The molecular formula is C57H49N5O6. The van der Waals surface area contributed by atoms with Crippen molar-refractivity contribution in [3.8, 4) is 11.5 Å². The van der Waals surface area contributed by atoms with Crippen LogP contribution in [0.1, 0.15) is 56.4 Å². The molecule has 11 heteroatoms. The van der Waals surface area contributed by atoms with E-state index in [1.807, 2.05) is 132 Å². The topological polar surface area (TPSA) is 119 Å². The Morgan fingerprint density at radius 3 is 1.60 bits per heavy atom. The predicted molar refractivity (Wildman–Crippen MR) is 261 cm³/mol. The summed E-state index contributed by atoms with van der Waals surface area (Å²) in [5.41, 5.74) is 5.15. The molecule has 0 bridgehead atoms. The Hall–Kier alpha value is -8.12. The van der Waals surface area contributed by atoms with Gasteiger partial charge in [0.05, 0.1) is 32.7 Å². The summed E-state index contributed by atoms with van der Waals surface area (Å²) in [6.07, 6.45) is 1.45. The molecule has 1 saturated heterocycles. The lowest BCUT2D eigenvalue weighted by molar-refractivity contribution is -0.0955. The van der Waals surface area contributed by atoms with Crippen LogP contribution in [0.15, 0.2) is 213 Å². The zero-order chi connectivity index (χ0) is 46.3. The van der Waals surface area contributed by atoms with E-state index in [1.165, 1.54) is 6.33 Å². The van der Waals surface area contributed by atoms with Crippen LogP contribution in [0.25, 0.3) is 11.2 Å². The van der Waals surface area contributed by atoms with Gasteiger partial charge in [0, 0.05) is 6.42 Å². The highest BCUT2D eigenvalue weighted by Gasteiger charge is 2.45. The van der Waals surface area contributed by atoms with Crippen LogP contribution >= 0.6 is 0 Å². The number of carbonyl (C=O) groups excluding carboxylic acids is 1. The number of rotatable bonds is 16. The van der Waals surface area contributed by atoms with Crippen molar-refractivity contribution in [1.29, 1.82) is 0 Å².